The van der Waals surface area contributed by atoms with Gasteiger partial charge in [-0.2, -0.15) is 9.40 Å². The van der Waals surface area contributed by atoms with Gasteiger partial charge in [-0.05, 0) is 38.1 Å². The van der Waals surface area contributed by atoms with Crippen LogP contribution < -0.4 is 0 Å². The van der Waals surface area contributed by atoms with Crippen LogP contribution in [0.4, 0.5) is 4.39 Å². The molecule has 1 N–H and O–H groups in total. The van der Waals surface area contributed by atoms with E-state index in [0.717, 1.165) is 4.31 Å². The first-order chi connectivity index (χ1) is 10.3. The molecule has 1 atom stereocenters. The Bertz CT molecular complexity index is 756. The van der Waals surface area contributed by atoms with Crippen molar-refractivity contribution in [2.75, 3.05) is 13.7 Å². The van der Waals surface area contributed by atoms with Crippen LogP contribution in [-0.2, 0) is 10.0 Å². The quantitative estimate of drug-likeness (QED) is 0.899. The number of sulfonamides is 1. The number of nitrogens with zero attached hydrogens (tertiary/aromatic N) is 3. The van der Waals surface area contributed by atoms with Crippen molar-refractivity contribution in [2.24, 2.45) is 0 Å². The van der Waals surface area contributed by atoms with Gasteiger partial charge in [-0.15, -0.1) is 0 Å². The highest BCUT2D eigenvalue weighted by atomic mass is 32.2. The van der Waals surface area contributed by atoms with Crippen LogP contribution in [-0.4, -0.2) is 47.3 Å². The van der Waals surface area contributed by atoms with E-state index < -0.39 is 16.1 Å². The summed E-state index contributed by atoms with van der Waals surface area (Å²) in [6.45, 7) is 2.96. The molecule has 120 valence electrons. The smallest absolute Gasteiger partial charge is 0.246 e. The average molecular weight is 327 g/mol. The highest BCUT2D eigenvalue weighted by Gasteiger charge is 2.29. The summed E-state index contributed by atoms with van der Waals surface area (Å²) in [5.41, 5.74) is 0.988. The maximum Gasteiger partial charge on any atom is 0.246 e. The Morgan fingerprint density at radius 2 is 1.95 bits per heavy atom. The zero-order valence-electron chi connectivity index (χ0n) is 12.6. The second kappa shape index (κ2) is 6.15. The van der Waals surface area contributed by atoms with E-state index in [-0.39, 0.29) is 17.3 Å². The lowest BCUT2D eigenvalue weighted by atomic mass is 10.3. The molecule has 0 spiro atoms. The Kier molecular flexibility index (Phi) is 4.64. The maximum absolute atomic E-state index is 13.0. The van der Waals surface area contributed by atoms with Crippen molar-refractivity contribution in [3.05, 3.63) is 42.0 Å². The predicted octanol–water partition coefficient (Wildman–Crippen LogP) is 1.32. The molecule has 1 heterocycles. The van der Waals surface area contributed by atoms with Crippen LogP contribution in [0.15, 0.2) is 35.4 Å². The Morgan fingerprint density at radius 1 is 1.36 bits per heavy atom. The van der Waals surface area contributed by atoms with Crippen molar-refractivity contribution in [1.82, 2.24) is 14.1 Å². The number of hydrogen-bond donors (Lipinski definition) is 1. The highest BCUT2D eigenvalue weighted by Crippen LogP contribution is 2.22. The number of aliphatic hydroxyl groups is 1. The summed E-state index contributed by atoms with van der Waals surface area (Å²) < 4.78 is 40.6. The first-order valence-electron chi connectivity index (χ1n) is 6.68. The van der Waals surface area contributed by atoms with Gasteiger partial charge in [-0.1, -0.05) is 0 Å². The third-order valence-electron chi connectivity index (χ3n) is 3.58. The molecule has 0 aliphatic carbocycles. The zero-order valence-corrected chi connectivity index (χ0v) is 13.4. The molecule has 2 rings (SSSR count). The first kappa shape index (κ1) is 16.6. The largest absolute Gasteiger partial charge is 0.395 e. The summed E-state index contributed by atoms with van der Waals surface area (Å²) in [5.74, 6) is -0.377. The van der Waals surface area contributed by atoms with Gasteiger partial charge in [-0.3, -0.25) is 0 Å². The van der Waals surface area contributed by atoms with Crippen LogP contribution in [0.5, 0.6) is 0 Å². The lowest BCUT2D eigenvalue weighted by Gasteiger charge is -2.22. The van der Waals surface area contributed by atoms with Gasteiger partial charge in [0.05, 0.1) is 24.2 Å². The van der Waals surface area contributed by atoms with Gasteiger partial charge in [0.15, 0.2) is 0 Å². The van der Waals surface area contributed by atoms with E-state index in [1.807, 2.05) is 0 Å². The Hall–Kier alpha value is -1.77. The van der Waals surface area contributed by atoms with Crippen LogP contribution in [0.3, 0.4) is 0 Å². The molecule has 1 aromatic carbocycles. The van der Waals surface area contributed by atoms with Gasteiger partial charge >= 0.3 is 0 Å². The molecule has 0 amide bonds. The molecular weight excluding hydrogens is 309 g/mol. The molecule has 6 nitrogen and oxygen atoms in total. The summed E-state index contributed by atoms with van der Waals surface area (Å²) in [7, 11) is -2.35. The summed E-state index contributed by atoms with van der Waals surface area (Å²) in [5, 5.41) is 13.2. The van der Waals surface area contributed by atoms with Crippen LogP contribution >= 0.6 is 0 Å². The first-order valence-corrected chi connectivity index (χ1v) is 8.12. The maximum atomic E-state index is 13.0. The summed E-state index contributed by atoms with van der Waals surface area (Å²) in [4.78, 5) is 0.0552. The fourth-order valence-electron chi connectivity index (χ4n) is 2.00. The normalized spacial score (nSPS) is 13.5. The second-order valence-electron chi connectivity index (χ2n) is 5.04. The van der Waals surface area contributed by atoms with Gasteiger partial charge in [0.1, 0.15) is 10.7 Å². The number of benzene rings is 1. The van der Waals surface area contributed by atoms with Crippen molar-refractivity contribution in [3.63, 3.8) is 0 Å². The topological polar surface area (TPSA) is 75.4 Å². The lowest BCUT2D eigenvalue weighted by molar-refractivity contribution is 0.214. The molecule has 2 aromatic rings. The Balaban J connectivity index is 2.45. The monoisotopic (exact) mass is 327 g/mol. The molecule has 0 saturated carbocycles. The van der Waals surface area contributed by atoms with Gasteiger partial charge in [0.25, 0.3) is 0 Å². The number of rotatable bonds is 5. The SMILES string of the molecule is Cc1c(S(=O)(=O)N(C)C(C)CO)cnn1-c1ccc(F)cc1. The van der Waals surface area contributed by atoms with Gasteiger partial charge in [0, 0.05) is 13.1 Å². The second-order valence-corrected chi connectivity index (χ2v) is 7.00. The Labute approximate surface area is 128 Å². The summed E-state index contributed by atoms with van der Waals surface area (Å²) in [6.07, 6.45) is 1.26. The van der Waals surface area contributed by atoms with Crippen molar-refractivity contribution >= 4 is 10.0 Å². The van der Waals surface area contributed by atoms with Crippen molar-refractivity contribution in [2.45, 2.75) is 24.8 Å². The molecule has 0 saturated heterocycles. The van der Waals surface area contributed by atoms with E-state index >= 15 is 0 Å². The minimum Gasteiger partial charge on any atom is -0.395 e. The highest BCUT2D eigenvalue weighted by molar-refractivity contribution is 7.89. The van der Waals surface area contributed by atoms with Crippen molar-refractivity contribution in [3.8, 4) is 5.69 Å². The number of aromatic nitrogens is 2. The number of hydrogen-bond acceptors (Lipinski definition) is 4. The summed E-state index contributed by atoms with van der Waals surface area (Å²) in [6, 6.07) is 5.06. The zero-order chi connectivity index (χ0) is 16.5. The predicted molar refractivity (Wildman–Crippen MR) is 79.8 cm³/mol. The van der Waals surface area contributed by atoms with E-state index in [4.69, 9.17) is 5.11 Å². The van der Waals surface area contributed by atoms with E-state index in [0.29, 0.717) is 11.4 Å². The van der Waals surface area contributed by atoms with E-state index in [2.05, 4.69) is 5.10 Å². The third-order valence-corrected chi connectivity index (χ3v) is 5.65. The fraction of sp³-hybridized carbons (Fsp3) is 0.357. The molecule has 22 heavy (non-hydrogen) atoms. The average Bonchev–Trinajstić information content (AvgIpc) is 2.89. The molecule has 0 fully saturated rings. The number of halogens is 1. The standard InChI is InChI=1S/C14H18FN3O3S/c1-10(9-19)17(3)22(20,21)14-8-16-18(11(14)2)13-6-4-12(15)5-7-13/h4-8,10,19H,9H2,1-3H3. The molecule has 1 unspecified atom stereocenters. The molecule has 8 heteroatoms. The Morgan fingerprint density at radius 3 is 2.50 bits per heavy atom. The molecule has 0 radical (unpaired) electrons. The van der Waals surface area contributed by atoms with Crippen LogP contribution in [0.25, 0.3) is 5.69 Å². The van der Waals surface area contributed by atoms with E-state index in [1.54, 1.807) is 13.8 Å². The van der Waals surface area contributed by atoms with Crippen LogP contribution in [0.1, 0.15) is 12.6 Å². The van der Waals surface area contributed by atoms with Crippen molar-refractivity contribution in [1.29, 1.82) is 0 Å². The third kappa shape index (κ3) is 2.90. The molecule has 0 aliphatic rings. The van der Waals surface area contributed by atoms with E-state index in [9.17, 15) is 12.8 Å². The minimum atomic E-state index is -3.76. The molecular formula is C14H18FN3O3S. The van der Waals surface area contributed by atoms with Gasteiger partial charge < -0.3 is 5.11 Å². The lowest BCUT2D eigenvalue weighted by Crippen LogP contribution is -2.37. The van der Waals surface area contributed by atoms with E-state index in [1.165, 1.54) is 42.2 Å². The molecule has 1 aromatic heterocycles. The van der Waals surface area contributed by atoms with Gasteiger partial charge in [-0.25, -0.2) is 17.5 Å². The fourth-order valence-corrected chi connectivity index (χ4v) is 3.49. The molecule has 0 bridgehead atoms. The number of aliphatic hydroxyl groups excluding tert-OH is 1. The van der Waals surface area contributed by atoms with Crippen LogP contribution in [0.2, 0.25) is 0 Å². The molecule has 0 aliphatic heterocycles. The minimum absolute atomic E-state index is 0.0552. The van der Waals surface area contributed by atoms with Crippen LogP contribution in [0, 0.1) is 12.7 Å². The number of likely N-dealkylation sites (N-methyl/N-ethyl adjacent to an activating group) is 1. The van der Waals surface area contributed by atoms with Crippen molar-refractivity contribution < 1.29 is 17.9 Å². The summed E-state index contributed by atoms with van der Waals surface area (Å²) >= 11 is 0. The van der Waals surface area contributed by atoms with Gasteiger partial charge in [0.2, 0.25) is 10.0 Å².